The van der Waals surface area contributed by atoms with Crippen LogP contribution < -0.4 is 5.32 Å². The number of carbonyl (C=O) groups is 2. The van der Waals surface area contributed by atoms with E-state index in [1.807, 2.05) is 0 Å². The summed E-state index contributed by atoms with van der Waals surface area (Å²) in [6.45, 7) is 7.27. The summed E-state index contributed by atoms with van der Waals surface area (Å²) in [7, 11) is 0. The third-order valence-electron chi connectivity index (χ3n) is 4.60. The van der Waals surface area contributed by atoms with Gasteiger partial charge in [-0.15, -0.1) is 0 Å². The van der Waals surface area contributed by atoms with Gasteiger partial charge in [0.1, 0.15) is 5.60 Å². The number of H-pyrrole nitrogens is 1. The zero-order valence-corrected chi connectivity index (χ0v) is 19.4. The van der Waals surface area contributed by atoms with E-state index in [2.05, 4.69) is 10.3 Å². The minimum atomic E-state index is -0.756. The normalized spacial score (nSPS) is 14.9. The fourth-order valence-corrected chi connectivity index (χ4v) is 4.29. The largest absolute Gasteiger partial charge is 0.462 e. The predicted octanol–water partition coefficient (Wildman–Crippen LogP) is 6.33. The van der Waals surface area contributed by atoms with Gasteiger partial charge in [0, 0.05) is 22.3 Å². The molecule has 0 radical (unpaired) electrons. The van der Waals surface area contributed by atoms with Crippen LogP contribution in [0.2, 0.25) is 15.1 Å². The highest BCUT2D eigenvalue weighted by molar-refractivity contribution is 6.42. The zero-order chi connectivity index (χ0) is 22.3. The summed E-state index contributed by atoms with van der Waals surface area (Å²) in [5.41, 5.74) is 0.345. The Morgan fingerprint density at radius 1 is 1.17 bits per heavy atom. The van der Waals surface area contributed by atoms with Gasteiger partial charge < -0.3 is 19.8 Å². The van der Waals surface area contributed by atoms with Gasteiger partial charge in [0.05, 0.1) is 33.4 Å². The second-order valence-corrected chi connectivity index (χ2v) is 9.38. The van der Waals surface area contributed by atoms with E-state index in [-0.39, 0.29) is 12.2 Å². The maximum Gasteiger partial charge on any atom is 0.408 e. The quantitative estimate of drug-likeness (QED) is 0.497. The fourth-order valence-electron chi connectivity index (χ4n) is 3.27. The molecule has 0 saturated heterocycles. The van der Waals surface area contributed by atoms with E-state index in [4.69, 9.17) is 44.3 Å². The summed E-state index contributed by atoms with van der Waals surface area (Å²) < 4.78 is 10.7. The molecule has 162 valence electrons. The van der Waals surface area contributed by atoms with Crippen molar-refractivity contribution in [1.82, 2.24) is 10.3 Å². The highest BCUT2D eigenvalue weighted by atomic mass is 35.5. The number of ether oxygens (including phenoxy) is 2. The standard InChI is InChI=1S/C21H23Cl3N2O4/c1-5-29-18(27)16-12(15-13(23)8-11(22)9-14(15)24)10-25-17(16)21(6-7-21)26-19(28)30-20(2,3)4/h8-10,25H,5-7H2,1-4H3,(H,26,28). The number of rotatable bonds is 5. The van der Waals surface area contributed by atoms with Crippen LogP contribution in [0.1, 0.15) is 56.6 Å². The van der Waals surface area contributed by atoms with Crippen LogP contribution in [0.25, 0.3) is 11.1 Å². The van der Waals surface area contributed by atoms with E-state index < -0.39 is 23.2 Å². The predicted molar refractivity (Wildman–Crippen MR) is 117 cm³/mol. The van der Waals surface area contributed by atoms with Crippen LogP contribution >= 0.6 is 34.8 Å². The maximum atomic E-state index is 12.9. The van der Waals surface area contributed by atoms with Crippen LogP contribution in [0.15, 0.2) is 18.3 Å². The Morgan fingerprint density at radius 2 is 1.77 bits per heavy atom. The molecule has 30 heavy (non-hydrogen) atoms. The molecule has 1 aromatic heterocycles. The van der Waals surface area contributed by atoms with Crippen molar-refractivity contribution in [2.75, 3.05) is 6.61 Å². The lowest BCUT2D eigenvalue weighted by Gasteiger charge is -2.23. The molecule has 1 aliphatic carbocycles. The van der Waals surface area contributed by atoms with Gasteiger partial charge in [-0.2, -0.15) is 0 Å². The van der Waals surface area contributed by atoms with E-state index in [1.165, 1.54) is 0 Å². The minimum Gasteiger partial charge on any atom is -0.462 e. The van der Waals surface area contributed by atoms with Gasteiger partial charge in [-0.3, -0.25) is 0 Å². The topological polar surface area (TPSA) is 80.4 Å². The van der Waals surface area contributed by atoms with Gasteiger partial charge in [0.15, 0.2) is 0 Å². The van der Waals surface area contributed by atoms with E-state index in [9.17, 15) is 9.59 Å². The Bertz CT molecular complexity index is 968. The first kappa shape index (κ1) is 22.8. The monoisotopic (exact) mass is 472 g/mol. The van der Waals surface area contributed by atoms with Crippen molar-refractivity contribution in [1.29, 1.82) is 0 Å². The summed E-state index contributed by atoms with van der Waals surface area (Å²) in [6, 6.07) is 3.11. The number of aromatic nitrogens is 1. The number of esters is 1. The Hall–Kier alpha value is -1.89. The van der Waals surface area contributed by atoms with E-state index >= 15 is 0 Å². The van der Waals surface area contributed by atoms with Gasteiger partial charge in [-0.05, 0) is 52.7 Å². The number of carbonyl (C=O) groups excluding carboxylic acids is 2. The lowest BCUT2D eigenvalue weighted by molar-refractivity contribution is 0.0478. The van der Waals surface area contributed by atoms with Crippen LogP contribution in [0.4, 0.5) is 4.79 Å². The van der Waals surface area contributed by atoms with Gasteiger partial charge >= 0.3 is 12.1 Å². The molecule has 1 fully saturated rings. The Balaban J connectivity index is 2.07. The van der Waals surface area contributed by atoms with Crippen molar-refractivity contribution in [2.45, 2.75) is 51.7 Å². The van der Waals surface area contributed by atoms with Crippen LogP contribution in [0.5, 0.6) is 0 Å². The molecule has 9 heteroatoms. The number of halogens is 3. The molecular formula is C21H23Cl3N2O4. The van der Waals surface area contributed by atoms with Crippen molar-refractivity contribution >= 4 is 46.9 Å². The number of aromatic amines is 1. The van der Waals surface area contributed by atoms with E-state index in [1.54, 1.807) is 46.0 Å². The fraction of sp³-hybridized carbons (Fsp3) is 0.429. The second kappa shape index (κ2) is 8.33. The summed E-state index contributed by atoms with van der Waals surface area (Å²) in [5, 5.41) is 3.87. The number of alkyl carbamates (subject to hydrolysis) is 1. The number of nitrogens with one attached hydrogen (secondary N) is 2. The number of amides is 1. The Morgan fingerprint density at radius 3 is 2.27 bits per heavy atom. The van der Waals surface area contributed by atoms with Crippen molar-refractivity contribution in [3.8, 4) is 11.1 Å². The molecule has 1 aliphatic rings. The second-order valence-electron chi connectivity index (χ2n) is 8.13. The molecule has 6 nitrogen and oxygen atoms in total. The minimum absolute atomic E-state index is 0.192. The maximum absolute atomic E-state index is 12.9. The van der Waals surface area contributed by atoms with Crippen molar-refractivity contribution < 1.29 is 19.1 Å². The average Bonchev–Trinajstić information content (AvgIpc) is 3.21. The number of benzene rings is 1. The first-order valence-corrected chi connectivity index (χ1v) is 10.7. The molecule has 0 atom stereocenters. The highest BCUT2D eigenvalue weighted by Crippen LogP contribution is 2.49. The molecule has 1 saturated carbocycles. The van der Waals surface area contributed by atoms with Crippen molar-refractivity contribution in [2.24, 2.45) is 0 Å². The van der Waals surface area contributed by atoms with Crippen LogP contribution in [-0.4, -0.2) is 29.3 Å². The number of hydrogen-bond donors (Lipinski definition) is 2. The zero-order valence-electron chi connectivity index (χ0n) is 17.1. The summed E-state index contributed by atoms with van der Waals surface area (Å²) >= 11 is 18.8. The van der Waals surface area contributed by atoms with Crippen LogP contribution in [0.3, 0.4) is 0 Å². The summed E-state index contributed by atoms with van der Waals surface area (Å²) in [5.74, 6) is -0.539. The lowest BCUT2D eigenvalue weighted by atomic mass is 9.99. The first-order valence-electron chi connectivity index (χ1n) is 9.52. The molecule has 1 heterocycles. The smallest absolute Gasteiger partial charge is 0.408 e. The van der Waals surface area contributed by atoms with Crippen LogP contribution in [-0.2, 0) is 15.0 Å². The van der Waals surface area contributed by atoms with Gasteiger partial charge in [0.25, 0.3) is 0 Å². The average molecular weight is 474 g/mol. The molecule has 0 aliphatic heterocycles. The molecular weight excluding hydrogens is 451 g/mol. The highest BCUT2D eigenvalue weighted by Gasteiger charge is 2.50. The number of hydrogen-bond acceptors (Lipinski definition) is 4. The van der Waals surface area contributed by atoms with E-state index in [0.717, 1.165) is 0 Å². The first-order chi connectivity index (χ1) is 14.0. The molecule has 0 unspecified atom stereocenters. The van der Waals surface area contributed by atoms with E-state index in [0.29, 0.717) is 44.7 Å². The lowest BCUT2D eigenvalue weighted by Crippen LogP contribution is -2.40. The molecule has 0 spiro atoms. The molecule has 1 aromatic carbocycles. The van der Waals surface area contributed by atoms with Crippen molar-refractivity contribution in [3.05, 3.63) is 44.7 Å². The van der Waals surface area contributed by atoms with Crippen LogP contribution in [0, 0.1) is 0 Å². The van der Waals surface area contributed by atoms with Gasteiger partial charge in [-0.25, -0.2) is 9.59 Å². The molecule has 2 N–H and O–H groups in total. The summed E-state index contributed by atoms with van der Waals surface area (Å²) in [6.07, 6.45) is 2.36. The third kappa shape index (κ3) is 4.71. The van der Waals surface area contributed by atoms with Crippen molar-refractivity contribution in [3.63, 3.8) is 0 Å². The van der Waals surface area contributed by atoms with Gasteiger partial charge in [0.2, 0.25) is 0 Å². The molecule has 0 bridgehead atoms. The molecule has 2 aromatic rings. The Labute approximate surface area is 190 Å². The SMILES string of the molecule is CCOC(=O)c1c(-c2c(Cl)cc(Cl)cc2Cl)c[nH]c1C1(NC(=O)OC(C)(C)C)CC1. The summed E-state index contributed by atoms with van der Waals surface area (Å²) in [4.78, 5) is 28.4. The molecule has 3 rings (SSSR count). The Kier molecular flexibility index (Phi) is 6.33. The third-order valence-corrected chi connectivity index (χ3v) is 5.42. The van der Waals surface area contributed by atoms with Gasteiger partial charge in [-0.1, -0.05) is 34.8 Å². The molecule has 1 amide bonds.